The van der Waals surface area contributed by atoms with Crippen molar-refractivity contribution in [2.24, 2.45) is 5.73 Å². The molecule has 40 valence electrons. The SMILES string of the molecule is NC1CCC2C[NH+]12. The van der Waals surface area contributed by atoms with Crippen LogP contribution in [-0.4, -0.2) is 18.8 Å². The summed E-state index contributed by atoms with van der Waals surface area (Å²) < 4.78 is 0. The molecule has 0 bridgehead atoms. The molecule has 2 rings (SSSR count). The van der Waals surface area contributed by atoms with Gasteiger partial charge in [0.15, 0.2) is 0 Å². The third-order valence-corrected chi connectivity index (χ3v) is 2.15. The summed E-state index contributed by atoms with van der Waals surface area (Å²) >= 11 is 0. The Balaban J connectivity index is 2.08. The summed E-state index contributed by atoms with van der Waals surface area (Å²) in [6.45, 7) is 1.36. The molecule has 0 saturated carbocycles. The van der Waals surface area contributed by atoms with Gasteiger partial charge >= 0.3 is 0 Å². The van der Waals surface area contributed by atoms with E-state index in [2.05, 4.69) is 0 Å². The van der Waals surface area contributed by atoms with Crippen LogP contribution < -0.4 is 10.6 Å². The van der Waals surface area contributed by atoms with E-state index < -0.39 is 0 Å². The molecule has 2 heteroatoms. The van der Waals surface area contributed by atoms with Crippen molar-refractivity contribution in [2.75, 3.05) is 6.54 Å². The average molecular weight is 99.2 g/mol. The standard InChI is InChI=1S/C5H10N2/c6-5-2-1-4-3-7(4)5/h4-5H,1-3,6H2/p+1. The van der Waals surface area contributed by atoms with Crippen molar-refractivity contribution in [1.29, 1.82) is 0 Å². The molecule has 3 unspecified atom stereocenters. The molecule has 2 saturated heterocycles. The summed E-state index contributed by atoms with van der Waals surface area (Å²) in [5.74, 6) is 0. The molecule has 7 heavy (non-hydrogen) atoms. The first kappa shape index (κ1) is 3.87. The molecule has 0 aliphatic carbocycles. The highest BCUT2D eigenvalue weighted by Gasteiger charge is 2.49. The maximum absolute atomic E-state index is 5.68. The van der Waals surface area contributed by atoms with E-state index in [-0.39, 0.29) is 0 Å². The van der Waals surface area contributed by atoms with Crippen LogP contribution in [0.15, 0.2) is 0 Å². The Morgan fingerprint density at radius 3 is 2.43 bits per heavy atom. The van der Waals surface area contributed by atoms with Crippen molar-refractivity contribution in [1.82, 2.24) is 0 Å². The molecule has 2 fully saturated rings. The van der Waals surface area contributed by atoms with Crippen molar-refractivity contribution in [3.8, 4) is 0 Å². The van der Waals surface area contributed by atoms with Gasteiger partial charge in [-0.25, -0.2) is 0 Å². The maximum Gasteiger partial charge on any atom is 0.139 e. The second kappa shape index (κ2) is 1.01. The zero-order valence-electron chi connectivity index (χ0n) is 4.35. The van der Waals surface area contributed by atoms with Crippen LogP contribution in [0.4, 0.5) is 0 Å². The normalized spacial score (nSPS) is 57.0. The topological polar surface area (TPSA) is 30.5 Å². The third kappa shape index (κ3) is 0.409. The van der Waals surface area contributed by atoms with Crippen LogP contribution in [0.25, 0.3) is 0 Å². The lowest BCUT2D eigenvalue weighted by Crippen LogP contribution is -2.99. The summed E-state index contributed by atoms with van der Waals surface area (Å²) in [6, 6.07) is 0.981. The number of rotatable bonds is 0. The van der Waals surface area contributed by atoms with Crippen LogP contribution in [0.2, 0.25) is 0 Å². The van der Waals surface area contributed by atoms with E-state index in [1.54, 1.807) is 4.90 Å². The third-order valence-electron chi connectivity index (χ3n) is 2.15. The fourth-order valence-corrected chi connectivity index (χ4v) is 1.53. The van der Waals surface area contributed by atoms with Gasteiger partial charge < -0.3 is 4.90 Å². The molecule has 0 aromatic carbocycles. The Labute approximate surface area is 43.3 Å². The van der Waals surface area contributed by atoms with Gasteiger partial charge in [0.1, 0.15) is 18.8 Å². The fourth-order valence-electron chi connectivity index (χ4n) is 1.53. The number of fused-ring (bicyclic) bond motifs is 1. The first-order valence-electron chi connectivity index (χ1n) is 2.99. The van der Waals surface area contributed by atoms with Crippen molar-refractivity contribution >= 4 is 0 Å². The molecule has 3 atom stereocenters. The van der Waals surface area contributed by atoms with Crippen LogP contribution in [0.5, 0.6) is 0 Å². The van der Waals surface area contributed by atoms with E-state index in [0.29, 0.717) is 6.17 Å². The largest absolute Gasteiger partial charge is 0.308 e. The Bertz CT molecular complexity index is 92.1. The minimum Gasteiger partial charge on any atom is -0.308 e. The van der Waals surface area contributed by atoms with Gasteiger partial charge in [-0.05, 0) is 0 Å². The van der Waals surface area contributed by atoms with E-state index in [9.17, 15) is 0 Å². The number of quaternary nitrogens is 1. The smallest absolute Gasteiger partial charge is 0.139 e. The van der Waals surface area contributed by atoms with Gasteiger partial charge in [0.25, 0.3) is 0 Å². The lowest BCUT2D eigenvalue weighted by Gasteiger charge is -1.97. The van der Waals surface area contributed by atoms with E-state index in [1.807, 2.05) is 0 Å². The Kier molecular flexibility index (Phi) is 0.557. The number of hydrogen-bond acceptors (Lipinski definition) is 1. The quantitative estimate of drug-likeness (QED) is 0.350. The van der Waals surface area contributed by atoms with Gasteiger partial charge in [-0.2, -0.15) is 0 Å². The van der Waals surface area contributed by atoms with Crippen molar-refractivity contribution < 1.29 is 4.90 Å². The van der Waals surface area contributed by atoms with Gasteiger partial charge in [0, 0.05) is 12.8 Å². The van der Waals surface area contributed by atoms with Gasteiger partial charge in [-0.3, -0.25) is 5.73 Å². The Hall–Kier alpha value is -0.0800. The van der Waals surface area contributed by atoms with E-state index in [0.717, 1.165) is 6.04 Å². The summed E-state index contributed by atoms with van der Waals surface area (Å²) in [4.78, 5) is 1.65. The molecular formula is C5H11N2+. The lowest BCUT2D eigenvalue weighted by atomic mass is 10.2. The van der Waals surface area contributed by atoms with Crippen molar-refractivity contribution in [3.05, 3.63) is 0 Å². The number of piperidine rings is 1. The monoisotopic (exact) mass is 99.1 g/mol. The average Bonchev–Trinajstić information content (AvgIpc) is 2.33. The highest BCUT2D eigenvalue weighted by Crippen LogP contribution is 2.09. The summed E-state index contributed by atoms with van der Waals surface area (Å²) in [6.07, 6.45) is 3.15. The lowest BCUT2D eigenvalue weighted by molar-refractivity contribution is -0.792. The van der Waals surface area contributed by atoms with E-state index in [4.69, 9.17) is 5.73 Å². The van der Waals surface area contributed by atoms with Crippen molar-refractivity contribution in [3.63, 3.8) is 0 Å². The van der Waals surface area contributed by atoms with Crippen LogP contribution in [-0.2, 0) is 0 Å². The number of nitrogens with one attached hydrogen (secondary N) is 1. The highest BCUT2D eigenvalue weighted by atomic mass is 15.4. The molecule has 0 spiro atoms. The predicted molar refractivity (Wildman–Crippen MR) is 26.8 cm³/mol. The van der Waals surface area contributed by atoms with Crippen LogP contribution in [0.1, 0.15) is 12.8 Å². The van der Waals surface area contributed by atoms with E-state index >= 15 is 0 Å². The van der Waals surface area contributed by atoms with Gasteiger partial charge in [0.05, 0.1) is 0 Å². The predicted octanol–water partition coefficient (Wildman–Crippen LogP) is -1.67. The molecule has 3 N–H and O–H groups in total. The molecule has 2 aliphatic heterocycles. The molecule has 0 amide bonds. The summed E-state index contributed by atoms with van der Waals surface area (Å²) in [5.41, 5.74) is 5.68. The summed E-state index contributed by atoms with van der Waals surface area (Å²) in [5, 5.41) is 0. The molecule has 0 radical (unpaired) electrons. The highest BCUT2D eigenvalue weighted by molar-refractivity contribution is 4.75. The fraction of sp³-hybridized carbons (Fsp3) is 1.00. The van der Waals surface area contributed by atoms with Crippen molar-refractivity contribution in [2.45, 2.75) is 25.0 Å². The molecule has 2 nitrogen and oxygen atoms in total. The van der Waals surface area contributed by atoms with Crippen LogP contribution in [0, 0.1) is 0 Å². The minimum absolute atomic E-state index is 0.505. The Morgan fingerprint density at radius 2 is 2.29 bits per heavy atom. The first-order chi connectivity index (χ1) is 3.38. The van der Waals surface area contributed by atoms with Gasteiger partial charge in [-0.1, -0.05) is 0 Å². The number of nitrogens with two attached hydrogens (primary N) is 1. The second-order valence-electron chi connectivity index (χ2n) is 2.66. The molecule has 2 aliphatic rings. The maximum atomic E-state index is 5.68. The molecular weight excluding hydrogens is 88.1 g/mol. The van der Waals surface area contributed by atoms with E-state index in [1.165, 1.54) is 19.4 Å². The number of hydrogen-bond donors (Lipinski definition) is 2. The molecule has 2 heterocycles. The minimum atomic E-state index is 0.505. The molecule has 0 aromatic heterocycles. The van der Waals surface area contributed by atoms with Crippen LogP contribution >= 0.6 is 0 Å². The van der Waals surface area contributed by atoms with Crippen LogP contribution in [0.3, 0.4) is 0 Å². The zero-order chi connectivity index (χ0) is 4.85. The summed E-state index contributed by atoms with van der Waals surface area (Å²) in [7, 11) is 0. The Morgan fingerprint density at radius 1 is 1.43 bits per heavy atom. The zero-order valence-corrected chi connectivity index (χ0v) is 4.35. The van der Waals surface area contributed by atoms with Gasteiger partial charge in [-0.15, -0.1) is 0 Å². The van der Waals surface area contributed by atoms with Gasteiger partial charge in [0.2, 0.25) is 0 Å². The second-order valence-corrected chi connectivity index (χ2v) is 2.66. The first-order valence-corrected chi connectivity index (χ1v) is 2.99. The molecule has 0 aromatic rings.